The molecule has 0 aliphatic heterocycles. The highest BCUT2D eigenvalue weighted by atomic mass is 35.5. The molecule has 0 radical (unpaired) electrons. The summed E-state index contributed by atoms with van der Waals surface area (Å²) >= 11 is 0. The first-order valence-corrected chi connectivity index (χ1v) is 8.29. The zero-order valence-corrected chi connectivity index (χ0v) is 16.3. The van der Waals surface area contributed by atoms with Gasteiger partial charge in [0.1, 0.15) is 5.54 Å². The zero-order chi connectivity index (χ0) is 18.6. The van der Waals surface area contributed by atoms with Crippen LogP contribution in [0.1, 0.15) is 42.3 Å². The van der Waals surface area contributed by atoms with Gasteiger partial charge in [-0.3, -0.25) is 9.59 Å². The molecule has 0 aliphatic carbocycles. The van der Waals surface area contributed by atoms with Gasteiger partial charge in [0, 0.05) is 17.3 Å². The van der Waals surface area contributed by atoms with Crippen molar-refractivity contribution in [3.8, 4) is 0 Å². The molecular weight excluding hydrogens is 350 g/mol. The average molecular weight is 376 g/mol. The number of hydrogen-bond acceptors (Lipinski definition) is 3. The van der Waals surface area contributed by atoms with E-state index in [1.165, 1.54) is 0 Å². The summed E-state index contributed by atoms with van der Waals surface area (Å²) in [7, 11) is 0. The highest BCUT2D eigenvalue weighted by Crippen LogP contribution is 2.21. The molecule has 0 saturated carbocycles. The molecule has 1 unspecified atom stereocenters. The molecule has 0 saturated heterocycles. The highest BCUT2D eigenvalue weighted by molar-refractivity contribution is 6.01. The van der Waals surface area contributed by atoms with E-state index in [1.54, 1.807) is 25.1 Å². The molecule has 0 fully saturated rings. The predicted octanol–water partition coefficient (Wildman–Crippen LogP) is 3.37. The minimum Gasteiger partial charge on any atom is -0.350 e. The monoisotopic (exact) mass is 375 g/mol. The Bertz CT molecular complexity index is 774. The van der Waals surface area contributed by atoms with Gasteiger partial charge < -0.3 is 16.4 Å². The standard InChI is InChI=1S/C20H25N3O2.ClH/c1-13(2)22-18(24)17-12-16(11-10-14(17)3)23-19(25)20(4,21)15-8-6-5-7-9-15;/h5-13H,21H2,1-4H3,(H,22,24)(H,23,25);1H. The maximum absolute atomic E-state index is 12.6. The van der Waals surface area contributed by atoms with E-state index in [0.717, 1.165) is 11.1 Å². The van der Waals surface area contributed by atoms with E-state index in [9.17, 15) is 9.59 Å². The number of aryl methyl sites for hydroxylation is 1. The van der Waals surface area contributed by atoms with Crippen molar-refractivity contribution in [3.63, 3.8) is 0 Å². The van der Waals surface area contributed by atoms with Crippen LogP contribution >= 0.6 is 12.4 Å². The lowest BCUT2D eigenvalue weighted by Gasteiger charge is -2.24. The third-order valence-electron chi connectivity index (χ3n) is 4.00. The van der Waals surface area contributed by atoms with Crippen LogP contribution in [0.4, 0.5) is 5.69 Å². The Labute approximate surface area is 160 Å². The number of hydrogen-bond donors (Lipinski definition) is 3. The number of nitrogens with two attached hydrogens (primary N) is 1. The number of rotatable bonds is 5. The van der Waals surface area contributed by atoms with Crippen molar-refractivity contribution < 1.29 is 9.59 Å². The molecule has 2 amide bonds. The summed E-state index contributed by atoms with van der Waals surface area (Å²) in [5.74, 6) is -0.500. The van der Waals surface area contributed by atoms with Crippen LogP contribution in [-0.2, 0) is 10.3 Å². The van der Waals surface area contributed by atoms with Crippen LogP contribution < -0.4 is 16.4 Å². The van der Waals surface area contributed by atoms with Gasteiger partial charge in [-0.25, -0.2) is 0 Å². The third-order valence-corrected chi connectivity index (χ3v) is 4.00. The van der Waals surface area contributed by atoms with Crippen LogP contribution in [0.2, 0.25) is 0 Å². The predicted molar refractivity (Wildman–Crippen MR) is 108 cm³/mol. The van der Waals surface area contributed by atoms with Crippen LogP contribution in [0.15, 0.2) is 48.5 Å². The lowest BCUT2D eigenvalue weighted by atomic mass is 9.92. The van der Waals surface area contributed by atoms with Gasteiger partial charge in [0.25, 0.3) is 5.91 Å². The van der Waals surface area contributed by atoms with E-state index in [-0.39, 0.29) is 30.3 Å². The molecule has 4 N–H and O–H groups in total. The van der Waals surface area contributed by atoms with Crippen LogP contribution in [0.5, 0.6) is 0 Å². The van der Waals surface area contributed by atoms with Crippen LogP contribution in [-0.4, -0.2) is 17.9 Å². The van der Waals surface area contributed by atoms with E-state index < -0.39 is 5.54 Å². The zero-order valence-electron chi connectivity index (χ0n) is 15.5. The van der Waals surface area contributed by atoms with Crippen molar-refractivity contribution in [1.29, 1.82) is 0 Å². The average Bonchev–Trinajstić information content (AvgIpc) is 2.56. The Morgan fingerprint density at radius 1 is 1.08 bits per heavy atom. The molecule has 0 aromatic heterocycles. The largest absolute Gasteiger partial charge is 0.350 e. The fourth-order valence-corrected chi connectivity index (χ4v) is 2.46. The molecule has 140 valence electrons. The van der Waals surface area contributed by atoms with E-state index in [4.69, 9.17) is 5.73 Å². The van der Waals surface area contributed by atoms with E-state index in [0.29, 0.717) is 11.3 Å². The molecular formula is C20H26ClN3O2. The molecule has 6 heteroatoms. The van der Waals surface area contributed by atoms with Crippen molar-refractivity contribution in [2.45, 2.75) is 39.3 Å². The third kappa shape index (κ3) is 5.07. The van der Waals surface area contributed by atoms with Crippen molar-refractivity contribution in [2.75, 3.05) is 5.32 Å². The SMILES string of the molecule is Cc1ccc(NC(=O)C(C)(N)c2ccccc2)cc1C(=O)NC(C)C.Cl. The quantitative estimate of drug-likeness (QED) is 0.749. The Hall–Kier alpha value is -2.37. The first-order valence-electron chi connectivity index (χ1n) is 8.29. The van der Waals surface area contributed by atoms with Gasteiger partial charge in [-0.15, -0.1) is 12.4 Å². The summed E-state index contributed by atoms with van der Waals surface area (Å²) in [5.41, 5.74) is 7.69. The summed E-state index contributed by atoms with van der Waals surface area (Å²) in [6, 6.07) is 14.5. The Balaban J connectivity index is 0.00000338. The van der Waals surface area contributed by atoms with Gasteiger partial charge in [0.15, 0.2) is 0 Å². The lowest BCUT2D eigenvalue weighted by molar-refractivity contribution is -0.120. The molecule has 26 heavy (non-hydrogen) atoms. The topological polar surface area (TPSA) is 84.2 Å². The second-order valence-electron chi connectivity index (χ2n) is 6.68. The van der Waals surface area contributed by atoms with Gasteiger partial charge in [0.05, 0.1) is 0 Å². The molecule has 0 bridgehead atoms. The summed E-state index contributed by atoms with van der Waals surface area (Å²) in [5, 5.41) is 5.67. The van der Waals surface area contributed by atoms with Crippen molar-refractivity contribution in [3.05, 3.63) is 65.2 Å². The maximum Gasteiger partial charge on any atom is 0.251 e. The molecule has 2 rings (SSSR count). The molecule has 0 aliphatic rings. The Morgan fingerprint density at radius 2 is 1.69 bits per heavy atom. The minimum atomic E-state index is -1.17. The number of anilines is 1. The molecule has 2 aromatic rings. The van der Waals surface area contributed by atoms with Crippen LogP contribution in [0.25, 0.3) is 0 Å². The van der Waals surface area contributed by atoms with Gasteiger partial charge in [-0.05, 0) is 51.0 Å². The second-order valence-corrected chi connectivity index (χ2v) is 6.68. The lowest BCUT2D eigenvalue weighted by Crippen LogP contribution is -2.45. The highest BCUT2D eigenvalue weighted by Gasteiger charge is 2.30. The van der Waals surface area contributed by atoms with Crippen molar-refractivity contribution in [1.82, 2.24) is 5.32 Å². The summed E-state index contributed by atoms with van der Waals surface area (Å²) in [4.78, 5) is 24.9. The second kappa shape index (κ2) is 8.83. The van der Waals surface area contributed by atoms with Crippen LogP contribution in [0.3, 0.4) is 0 Å². The fraction of sp³-hybridized carbons (Fsp3) is 0.300. The first kappa shape index (κ1) is 21.7. The summed E-state index contributed by atoms with van der Waals surface area (Å²) in [6.07, 6.45) is 0. The molecule has 0 heterocycles. The van der Waals surface area contributed by atoms with E-state index in [2.05, 4.69) is 10.6 Å². The van der Waals surface area contributed by atoms with Gasteiger partial charge in [0.2, 0.25) is 5.91 Å². The molecule has 0 spiro atoms. The number of benzene rings is 2. The molecule has 5 nitrogen and oxygen atoms in total. The van der Waals surface area contributed by atoms with Gasteiger partial charge >= 0.3 is 0 Å². The Kier molecular flexibility index (Phi) is 7.36. The van der Waals surface area contributed by atoms with E-state index in [1.807, 2.05) is 51.1 Å². The van der Waals surface area contributed by atoms with Crippen molar-refractivity contribution >= 4 is 29.9 Å². The minimum absolute atomic E-state index is 0. The van der Waals surface area contributed by atoms with Crippen molar-refractivity contribution in [2.24, 2.45) is 5.73 Å². The molecule has 2 aromatic carbocycles. The molecule has 1 atom stereocenters. The number of carbonyl (C=O) groups is 2. The summed E-state index contributed by atoms with van der Waals surface area (Å²) in [6.45, 7) is 7.33. The number of halogens is 1. The van der Waals surface area contributed by atoms with E-state index >= 15 is 0 Å². The number of amides is 2. The first-order chi connectivity index (χ1) is 11.7. The van der Waals surface area contributed by atoms with Gasteiger partial charge in [-0.2, -0.15) is 0 Å². The van der Waals surface area contributed by atoms with Gasteiger partial charge in [-0.1, -0.05) is 36.4 Å². The number of nitrogens with one attached hydrogen (secondary N) is 2. The summed E-state index contributed by atoms with van der Waals surface area (Å²) < 4.78 is 0. The Morgan fingerprint density at radius 3 is 2.27 bits per heavy atom. The number of carbonyl (C=O) groups excluding carboxylic acids is 2. The normalized spacial score (nSPS) is 12.7. The van der Waals surface area contributed by atoms with Crippen LogP contribution in [0, 0.1) is 6.92 Å². The maximum atomic E-state index is 12.6. The smallest absolute Gasteiger partial charge is 0.251 e. The fourth-order valence-electron chi connectivity index (χ4n) is 2.46.